The number of furan rings is 1. The van der Waals surface area contributed by atoms with E-state index < -0.39 is 0 Å². The van der Waals surface area contributed by atoms with E-state index in [1.54, 1.807) is 0 Å². The molecule has 0 saturated heterocycles. The quantitative estimate of drug-likeness (QED) is 0.856. The SMILES string of the molecule is CCCOc1ccc(NCc2ccc(Br)o2)cc1. The summed E-state index contributed by atoms with van der Waals surface area (Å²) in [5.74, 6) is 1.80. The lowest BCUT2D eigenvalue weighted by Gasteiger charge is -2.07. The molecule has 0 aliphatic carbocycles. The van der Waals surface area contributed by atoms with Crippen molar-refractivity contribution in [1.29, 1.82) is 0 Å². The summed E-state index contributed by atoms with van der Waals surface area (Å²) in [4.78, 5) is 0. The number of anilines is 1. The number of benzene rings is 1. The molecule has 0 atom stereocenters. The van der Waals surface area contributed by atoms with Gasteiger partial charge in [0.05, 0.1) is 13.2 Å². The molecule has 1 aromatic carbocycles. The Morgan fingerprint density at radius 1 is 1.17 bits per heavy atom. The Morgan fingerprint density at radius 3 is 2.56 bits per heavy atom. The average molecular weight is 310 g/mol. The topological polar surface area (TPSA) is 34.4 Å². The van der Waals surface area contributed by atoms with E-state index in [0.29, 0.717) is 6.54 Å². The molecule has 0 amide bonds. The highest BCUT2D eigenvalue weighted by Crippen LogP contribution is 2.18. The lowest BCUT2D eigenvalue weighted by molar-refractivity contribution is 0.317. The summed E-state index contributed by atoms with van der Waals surface area (Å²) in [7, 11) is 0. The van der Waals surface area contributed by atoms with E-state index in [4.69, 9.17) is 9.15 Å². The number of hydrogen-bond donors (Lipinski definition) is 1. The van der Waals surface area contributed by atoms with Gasteiger partial charge in [-0.25, -0.2) is 0 Å². The Bertz CT molecular complexity index is 479. The van der Waals surface area contributed by atoms with Crippen LogP contribution in [-0.4, -0.2) is 6.61 Å². The summed E-state index contributed by atoms with van der Waals surface area (Å²) in [6.07, 6.45) is 1.02. The fourth-order valence-corrected chi connectivity index (χ4v) is 1.86. The van der Waals surface area contributed by atoms with Gasteiger partial charge in [-0.05, 0) is 58.7 Å². The summed E-state index contributed by atoms with van der Waals surface area (Å²) in [6, 6.07) is 11.8. The van der Waals surface area contributed by atoms with Crippen LogP contribution in [0.15, 0.2) is 45.5 Å². The maximum atomic E-state index is 5.52. The van der Waals surface area contributed by atoms with Gasteiger partial charge < -0.3 is 14.5 Å². The molecule has 3 nitrogen and oxygen atoms in total. The van der Waals surface area contributed by atoms with Crippen LogP contribution in [0.25, 0.3) is 0 Å². The van der Waals surface area contributed by atoms with Crippen LogP contribution in [0.5, 0.6) is 5.75 Å². The molecule has 4 heteroatoms. The van der Waals surface area contributed by atoms with Gasteiger partial charge in [0.25, 0.3) is 0 Å². The Kier molecular flexibility index (Phi) is 4.70. The van der Waals surface area contributed by atoms with E-state index in [0.717, 1.165) is 34.9 Å². The predicted octanol–water partition coefficient (Wildman–Crippen LogP) is 4.44. The molecule has 18 heavy (non-hydrogen) atoms. The van der Waals surface area contributed by atoms with Gasteiger partial charge >= 0.3 is 0 Å². The monoisotopic (exact) mass is 309 g/mol. The van der Waals surface area contributed by atoms with E-state index in [2.05, 4.69) is 28.2 Å². The van der Waals surface area contributed by atoms with Crippen LogP contribution in [0.3, 0.4) is 0 Å². The molecule has 1 heterocycles. The summed E-state index contributed by atoms with van der Waals surface area (Å²) in [5.41, 5.74) is 1.05. The molecule has 0 fully saturated rings. The van der Waals surface area contributed by atoms with Crippen molar-refractivity contribution in [1.82, 2.24) is 0 Å². The number of rotatable bonds is 6. The number of nitrogens with one attached hydrogen (secondary N) is 1. The second-order valence-corrected chi connectivity index (χ2v) is 4.71. The van der Waals surface area contributed by atoms with Crippen LogP contribution < -0.4 is 10.1 Å². The molecule has 0 bridgehead atoms. The van der Waals surface area contributed by atoms with Crippen molar-refractivity contribution in [2.45, 2.75) is 19.9 Å². The first-order valence-electron chi connectivity index (χ1n) is 5.99. The minimum absolute atomic E-state index is 0.667. The first kappa shape index (κ1) is 13.0. The van der Waals surface area contributed by atoms with E-state index >= 15 is 0 Å². The number of halogens is 1. The van der Waals surface area contributed by atoms with Crippen molar-refractivity contribution >= 4 is 21.6 Å². The average Bonchev–Trinajstić information content (AvgIpc) is 2.81. The molecule has 1 aromatic heterocycles. The predicted molar refractivity (Wildman–Crippen MR) is 76.0 cm³/mol. The van der Waals surface area contributed by atoms with Crippen LogP contribution >= 0.6 is 15.9 Å². The number of hydrogen-bond acceptors (Lipinski definition) is 3. The van der Waals surface area contributed by atoms with Crippen molar-refractivity contribution < 1.29 is 9.15 Å². The van der Waals surface area contributed by atoms with Gasteiger partial charge in [0.1, 0.15) is 11.5 Å². The molecule has 2 aromatic rings. The summed E-state index contributed by atoms with van der Waals surface area (Å²) in [6.45, 7) is 3.52. The van der Waals surface area contributed by atoms with E-state index in [1.165, 1.54) is 0 Å². The first-order valence-corrected chi connectivity index (χ1v) is 6.78. The van der Waals surface area contributed by atoms with Crippen LogP contribution in [0, 0.1) is 0 Å². The van der Waals surface area contributed by atoms with Gasteiger partial charge in [0.15, 0.2) is 4.67 Å². The maximum Gasteiger partial charge on any atom is 0.169 e. The molecule has 0 unspecified atom stereocenters. The second kappa shape index (κ2) is 6.50. The van der Waals surface area contributed by atoms with E-state index in [9.17, 15) is 0 Å². The molecule has 0 saturated carbocycles. The highest BCUT2D eigenvalue weighted by molar-refractivity contribution is 9.10. The summed E-state index contributed by atoms with van der Waals surface area (Å²) in [5, 5.41) is 3.29. The minimum Gasteiger partial charge on any atom is -0.494 e. The van der Waals surface area contributed by atoms with Crippen LogP contribution in [0.4, 0.5) is 5.69 Å². The van der Waals surface area contributed by atoms with Gasteiger partial charge in [-0.1, -0.05) is 6.92 Å². The third-order valence-corrected chi connectivity index (χ3v) is 2.85. The smallest absolute Gasteiger partial charge is 0.169 e. The Morgan fingerprint density at radius 2 is 1.94 bits per heavy atom. The molecule has 0 radical (unpaired) electrons. The van der Waals surface area contributed by atoms with Gasteiger partial charge in [-0.2, -0.15) is 0 Å². The van der Waals surface area contributed by atoms with Crippen molar-refractivity contribution in [2.24, 2.45) is 0 Å². The lowest BCUT2D eigenvalue weighted by atomic mass is 10.3. The molecule has 0 aliphatic heterocycles. The fraction of sp³-hybridized carbons (Fsp3) is 0.286. The van der Waals surface area contributed by atoms with Gasteiger partial charge in [0.2, 0.25) is 0 Å². The van der Waals surface area contributed by atoms with Crippen molar-refractivity contribution in [3.8, 4) is 5.75 Å². The molecule has 1 N–H and O–H groups in total. The van der Waals surface area contributed by atoms with Crippen LogP contribution in [0.2, 0.25) is 0 Å². The third-order valence-electron chi connectivity index (χ3n) is 2.42. The Balaban J connectivity index is 1.86. The maximum absolute atomic E-state index is 5.52. The Hall–Kier alpha value is -1.42. The van der Waals surface area contributed by atoms with Crippen molar-refractivity contribution in [3.05, 3.63) is 46.8 Å². The second-order valence-electron chi connectivity index (χ2n) is 3.93. The molecule has 0 aliphatic rings. The fourth-order valence-electron chi connectivity index (χ4n) is 1.52. The largest absolute Gasteiger partial charge is 0.494 e. The van der Waals surface area contributed by atoms with Crippen LogP contribution in [0.1, 0.15) is 19.1 Å². The molecular weight excluding hydrogens is 294 g/mol. The number of ether oxygens (including phenoxy) is 1. The molecule has 0 spiro atoms. The minimum atomic E-state index is 0.667. The van der Waals surface area contributed by atoms with E-state index in [-0.39, 0.29) is 0 Å². The van der Waals surface area contributed by atoms with Crippen molar-refractivity contribution in [2.75, 3.05) is 11.9 Å². The van der Waals surface area contributed by atoms with E-state index in [1.807, 2.05) is 36.4 Å². The normalized spacial score (nSPS) is 10.3. The van der Waals surface area contributed by atoms with Gasteiger partial charge in [0, 0.05) is 5.69 Å². The van der Waals surface area contributed by atoms with Gasteiger partial charge in [-0.15, -0.1) is 0 Å². The highest BCUT2D eigenvalue weighted by atomic mass is 79.9. The zero-order valence-electron chi connectivity index (χ0n) is 10.3. The zero-order chi connectivity index (χ0) is 12.8. The Labute approximate surface area is 115 Å². The third kappa shape index (κ3) is 3.81. The molecular formula is C14H16BrNO2. The summed E-state index contributed by atoms with van der Waals surface area (Å²) >= 11 is 3.28. The molecule has 96 valence electrons. The highest BCUT2D eigenvalue weighted by Gasteiger charge is 1.99. The van der Waals surface area contributed by atoms with Crippen molar-refractivity contribution in [3.63, 3.8) is 0 Å². The van der Waals surface area contributed by atoms with Crippen LogP contribution in [-0.2, 0) is 6.54 Å². The lowest BCUT2D eigenvalue weighted by Crippen LogP contribution is -1.98. The standard InChI is InChI=1S/C14H16BrNO2/c1-2-9-17-12-5-3-11(4-6-12)16-10-13-7-8-14(15)18-13/h3-8,16H,2,9-10H2,1H3. The van der Waals surface area contributed by atoms with Gasteiger partial charge in [-0.3, -0.25) is 0 Å². The molecule has 2 rings (SSSR count). The summed E-state index contributed by atoms with van der Waals surface area (Å²) < 4.78 is 11.7. The zero-order valence-corrected chi connectivity index (χ0v) is 11.9. The first-order chi connectivity index (χ1) is 8.78.